The first kappa shape index (κ1) is 12.6. The van der Waals surface area contributed by atoms with Gasteiger partial charge in [0, 0.05) is 24.2 Å². The van der Waals surface area contributed by atoms with E-state index in [9.17, 15) is 13.6 Å². The standard InChI is InChI=1S/C13H11F2N3O2/c14-7-1-2-8(9(15)5-7)11-3-4-16-12-6-10(13(19)20)17-18(11)12/h1-2,5-6,11,16H,3-4H2,(H,19,20). The third kappa shape index (κ3) is 2.01. The molecule has 0 amide bonds. The minimum absolute atomic E-state index is 0.109. The van der Waals surface area contributed by atoms with Crippen LogP contribution >= 0.6 is 0 Å². The highest BCUT2D eigenvalue weighted by atomic mass is 19.1. The number of aromatic carboxylic acids is 1. The van der Waals surface area contributed by atoms with Crippen molar-refractivity contribution in [2.45, 2.75) is 12.5 Å². The summed E-state index contributed by atoms with van der Waals surface area (Å²) in [7, 11) is 0. The number of carboxylic acid groups (broad SMARTS) is 1. The molecule has 0 bridgehead atoms. The highest BCUT2D eigenvalue weighted by Gasteiger charge is 2.26. The van der Waals surface area contributed by atoms with Crippen LogP contribution in [0.25, 0.3) is 0 Å². The van der Waals surface area contributed by atoms with Gasteiger partial charge < -0.3 is 10.4 Å². The van der Waals surface area contributed by atoms with Crippen molar-refractivity contribution in [1.29, 1.82) is 0 Å². The van der Waals surface area contributed by atoms with E-state index in [1.54, 1.807) is 0 Å². The van der Waals surface area contributed by atoms with Crippen LogP contribution in [-0.2, 0) is 0 Å². The van der Waals surface area contributed by atoms with Crippen LogP contribution in [0, 0.1) is 11.6 Å². The van der Waals surface area contributed by atoms with E-state index in [0.29, 0.717) is 24.3 Å². The lowest BCUT2D eigenvalue weighted by atomic mass is 10.0. The monoisotopic (exact) mass is 279 g/mol. The van der Waals surface area contributed by atoms with Crippen molar-refractivity contribution in [2.24, 2.45) is 0 Å². The van der Waals surface area contributed by atoms with Crippen molar-refractivity contribution < 1.29 is 18.7 Å². The lowest BCUT2D eigenvalue weighted by Gasteiger charge is -2.26. The van der Waals surface area contributed by atoms with Gasteiger partial charge in [0.05, 0.1) is 6.04 Å². The number of carbonyl (C=O) groups is 1. The number of aromatic nitrogens is 2. The Morgan fingerprint density at radius 2 is 2.20 bits per heavy atom. The molecule has 1 aliphatic heterocycles. The number of nitrogens with zero attached hydrogens (tertiary/aromatic N) is 2. The molecule has 1 aliphatic rings. The zero-order valence-electron chi connectivity index (χ0n) is 10.3. The highest BCUT2D eigenvalue weighted by molar-refractivity contribution is 5.86. The van der Waals surface area contributed by atoms with Crippen LogP contribution < -0.4 is 5.32 Å². The predicted octanol–water partition coefficient (Wildman–Crippen LogP) is 2.26. The van der Waals surface area contributed by atoms with E-state index in [4.69, 9.17) is 5.11 Å². The van der Waals surface area contributed by atoms with Crippen molar-refractivity contribution in [3.05, 3.63) is 47.2 Å². The van der Waals surface area contributed by atoms with Crippen LogP contribution in [-0.4, -0.2) is 27.4 Å². The number of halogens is 2. The molecule has 1 atom stereocenters. The molecule has 7 heteroatoms. The Balaban J connectivity index is 2.07. The zero-order chi connectivity index (χ0) is 14.3. The molecule has 20 heavy (non-hydrogen) atoms. The van der Waals surface area contributed by atoms with Crippen LogP contribution in [0.5, 0.6) is 0 Å². The summed E-state index contributed by atoms with van der Waals surface area (Å²) in [5.41, 5.74) is 0.191. The Morgan fingerprint density at radius 3 is 2.90 bits per heavy atom. The largest absolute Gasteiger partial charge is 0.476 e. The fourth-order valence-corrected chi connectivity index (χ4v) is 2.39. The molecule has 1 aromatic heterocycles. The second-order valence-corrected chi connectivity index (χ2v) is 4.56. The number of carboxylic acids is 1. The molecule has 0 aliphatic carbocycles. The molecule has 0 radical (unpaired) electrons. The summed E-state index contributed by atoms with van der Waals surface area (Å²) in [5.74, 6) is -1.93. The molecular weight excluding hydrogens is 268 g/mol. The van der Waals surface area contributed by atoms with Crippen molar-refractivity contribution in [2.75, 3.05) is 11.9 Å². The Kier molecular flexibility index (Phi) is 2.89. The van der Waals surface area contributed by atoms with Gasteiger partial charge in [-0.15, -0.1) is 0 Å². The number of hydrogen-bond acceptors (Lipinski definition) is 3. The van der Waals surface area contributed by atoms with Gasteiger partial charge in [-0.25, -0.2) is 18.3 Å². The number of hydrogen-bond donors (Lipinski definition) is 2. The van der Waals surface area contributed by atoms with Crippen LogP contribution in [0.2, 0.25) is 0 Å². The lowest BCUT2D eigenvalue weighted by molar-refractivity contribution is 0.0689. The molecule has 5 nitrogen and oxygen atoms in total. The molecule has 1 unspecified atom stereocenters. The van der Waals surface area contributed by atoms with E-state index in [1.807, 2.05) is 0 Å². The second-order valence-electron chi connectivity index (χ2n) is 4.56. The Morgan fingerprint density at radius 1 is 1.40 bits per heavy atom. The number of nitrogens with one attached hydrogen (secondary N) is 1. The van der Waals surface area contributed by atoms with Crippen molar-refractivity contribution >= 4 is 11.8 Å². The first-order valence-corrected chi connectivity index (χ1v) is 6.08. The maximum atomic E-state index is 13.9. The summed E-state index contributed by atoms with van der Waals surface area (Å²) in [6.07, 6.45) is 0.538. The molecule has 2 aromatic rings. The number of rotatable bonds is 2. The average Bonchev–Trinajstić information content (AvgIpc) is 2.83. The van der Waals surface area contributed by atoms with Crippen LogP contribution in [0.3, 0.4) is 0 Å². The van der Waals surface area contributed by atoms with Crippen LogP contribution in [0.1, 0.15) is 28.5 Å². The van der Waals surface area contributed by atoms with E-state index in [0.717, 1.165) is 6.07 Å². The quantitative estimate of drug-likeness (QED) is 0.885. The second kappa shape index (κ2) is 4.59. The Hall–Kier alpha value is -2.44. The van der Waals surface area contributed by atoms with E-state index >= 15 is 0 Å². The topological polar surface area (TPSA) is 67.1 Å². The van der Waals surface area contributed by atoms with Gasteiger partial charge in [0.15, 0.2) is 5.69 Å². The molecular formula is C13H11F2N3O2. The van der Waals surface area contributed by atoms with Gasteiger partial charge in [0.25, 0.3) is 0 Å². The van der Waals surface area contributed by atoms with Gasteiger partial charge in [-0.05, 0) is 12.5 Å². The highest BCUT2D eigenvalue weighted by Crippen LogP contribution is 2.31. The predicted molar refractivity (Wildman–Crippen MR) is 66.8 cm³/mol. The minimum atomic E-state index is -1.15. The molecule has 3 rings (SSSR count). The van der Waals surface area contributed by atoms with Crippen molar-refractivity contribution in [3.63, 3.8) is 0 Å². The smallest absolute Gasteiger partial charge is 0.356 e. The lowest BCUT2D eigenvalue weighted by Crippen LogP contribution is -2.25. The number of benzene rings is 1. The maximum Gasteiger partial charge on any atom is 0.356 e. The molecule has 0 spiro atoms. The third-order valence-electron chi connectivity index (χ3n) is 3.30. The number of anilines is 1. The third-order valence-corrected chi connectivity index (χ3v) is 3.30. The van der Waals surface area contributed by atoms with E-state index in [1.165, 1.54) is 22.9 Å². The fraction of sp³-hybridized carbons (Fsp3) is 0.231. The van der Waals surface area contributed by atoms with Gasteiger partial charge in [0.1, 0.15) is 17.5 Å². The summed E-state index contributed by atoms with van der Waals surface area (Å²) >= 11 is 0. The van der Waals surface area contributed by atoms with Gasteiger partial charge in [0.2, 0.25) is 0 Å². The first-order valence-electron chi connectivity index (χ1n) is 6.08. The summed E-state index contributed by atoms with van der Waals surface area (Å²) in [5, 5.41) is 15.9. The summed E-state index contributed by atoms with van der Waals surface area (Å²) < 4.78 is 28.3. The van der Waals surface area contributed by atoms with Gasteiger partial charge in [-0.2, -0.15) is 5.10 Å². The van der Waals surface area contributed by atoms with E-state index in [2.05, 4.69) is 10.4 Å². The average molecular weight is 279 g/mol. The fourth-order valence-electron chi connectivity index (χ4n) is 2.39. The Bertz CT molecular complexity index is 684. The SMILES string of the molecule is O=C(O)c1cc2n(n1)C(c1ccc(F)cc1F)CCN2. The Labute approximate surface area is 112 Å². The van der Waals surface area contributed by atoms with Gasteiger partial charge in [-0.3, -0.25) is 0 Å². The summed E-state index contributed by atoms with van der Waals surface area (Å²) in [6.45, 7) is 0.562. The molecule has 0 fully saturated rings. The minimum Gasteiger partial charge on any atom is -0.476 e. The molecule has 0 saturated heterocycles. The molecule has 1 aromatic carbocycles. The van der Waals surface area contributed by atoms with E-state index in [-0.39, 0.29) is 5.69 Å². The van der Waals surface area contributed by atoms with E-state index < -0.39 is 23.6 Å². The zero-order valence-corrected chi connectivity index (χ0v) is 10.3. The van der Waals surface area contributed by atoms with Gasteiger partial charge in [-0.1, -0.05) is 6.07 Å². The maximum absolute atomic E-state index is 13.9. The molecule has 0 saturated carbocycles. The summed E-state index contributed by atoms with van der Waals surface area (Å²) in [6, 6.07) is 4.32. The normalized spacial score (nSPS) is 17.4. The van der Waals surface area contributed by atoms with Gasteiger partial charge >= 0.3 is 5.97 Å². The van der Waals surface area contributed by atoms with Crippen LogP contribution in [0.15, 0.2) is 24.3 Å². The first-order chi connectivity index (χ1) is 9.56. The van der Waals surface area contributed by atoms with Crippen LogP contribution in [0.4, 0.5) is 14.6 Å². The van der Waals surface area contributed by atoms with Crippen molar-refractivity contribution in [3.8, 4) is 0 Å². The molecule has 2 N–H and O–H groups in total. The summed E-state index contributed by atoms with van der Waals surface area (Å²) in [4.78, 5) is 10.9. The molecule has 104 valence electrons. The number of fused-ring (bicyclic) bond motifs is 1. The van der Waals surface area contributed by atoms with Crippen molar-refractivity contribution in [1.82, 2.24) is 9.78 Å². The molecule has 2 heterocycles.